The van der Waals surface area contributed by atoms with Gasteiger partial charge in [-0.1, -0.05) is 0 Å². The van der Waals surface area contributed by atoms with E-state index >= 15 is 0 Å². The average Bonchev–Trinajstić information content (AvgIpc) is 3.12. The summed E-state index contributed by atoms with van der Waals surface area (Å²) in [6.07, 6.45) is 3.10. The third-order valence-corrected chi connectivity index (χ3v) is 3.79. The van der Waals surface area contributed by atoms with Crippen LogP contribution < -0.4 is 10.1 Å². The average molecular weight is 331 g/mol. The van der Waals surface area contributed by atoms with Crippen molar-refractivity contribution < 1.29 is 28.6 Å². The third kappa shape index (κ3) is 3.75. The maximum Gasteiger partial charge on any atom is 0.335 e. The number of aromatic carboxylic acids is 1. The van der Waals surface area contributed by atoms with E-state index in [0.29, 0.717) is 30.9 Å². The molecule has 0 bridgehead atoms. The maximum absolute atomic E-state index is 12.2. The Balaban J connectivity index is 1.65. The van der Waals surface area contributed by atoms with E-state index in [1.165, 1.54) is 24.7 Å². The quantitative estimate of drug-likeness (QED) is 0.869. The van der Waals surface area contributed by atoms with Crippen molar-refractivity contribution in [3.8, 4) is 5.75 Å². The number of carboxylic acid groups (broad SMARTS) is 1. The van der Waals surface area contributed by atoms with Gasteiger partial charge in [0.1, 0.15) is 18.1 Å². The van der Waals surface area contributed by atoms with Crippen molar-refractivity contribution in [3.63, 3.8) is 0 Å². The highest BCUT2D eigenvalue weighted by molar-refractivity contribution is 5.94. The number of carbonyl (C=O) groups is 2. The van der Waals surface area contributed by atoms with E-state index in [1.807, 2.05) is 0 Å². The minimum Gasteiger partial charge on any atom is -0.486 e. The molecule has 0 spiro atoms. The highest BCUT2D eigenvalue weighted by Gasteiger charge is 2.29. The predicted octanol–water partition coefficient (Wildman–Crippen LogP) is 1.94. The molecule has 2 aromatic rings. The second-order valence-corrected chi connectivity index (χ2v) is 5.44. The van der Waals surface area contributed by atoms with Crippen LogP contribution in [-0.4, -0.2) is 42.3 Å². The van der Waals surface area contributed by atoms with E-state index in [0.717, 1.165) is 0 Å². The van der Waals surface area contributed by atoms with E-state index in [1.54, 1.807) is 18.2 Å². The fourth-order valence-electron chi connectivity index (χ4n) is 2.49. The Morgan fingerprint density at radius 2 is 1.96 bits per heavy atom. The standard InChI is InChI=1S/C17H17NO6/c19-16(12-5-7-22-9-12)18-14-6-8-23-10-15(14)24-13-3-1-11(2-4-13)17(20)21/h1-5,7,9,14-15H,6,8,10H2,(H,18,19)(H,20,21)/t14-,15-/m1/s1. The summed E-state index contributed by atoms with van der Waals surface area (Å²) in [5, 5.41) is 11.8. The summed E-state index contributed by atoms with van der Waals surface area (Å²) in [6, 6.07) is 7.51. The van der Waals surface area contributed by atoms with E-state index < -0.39 is 5.97 Å². The first-order valence-corrected chi connectivity index (χ1v) is 7.54. The zero-order chi connectivity index (χ0) is 16.9. The molecule has 1 amide bonds. The Kier molecular flexibility index (Phi) is 4.81. The SMILES string of the molecule is O=C(O)c1ccc(O[C@@H]2COCC[C@H]2NC(=O)c2ccoc2)cc1. The van der Waals surface area contributed by atoms with Crippen LogP contribution >= 0.6 is 0 Å². The molecular weight excluding hydrogens is 314 g/mol. The van der Waals surface area contributed by atoms with Gasteiger partial charge in [-0.15, -0.1) is 0 Å². The zero-order valence-electron chi connectivity index (χ0n) is 12.8. The molecule has 2 heterocycles. The van der Waals surface area contributed by atoms with Crippen LogP contribution in [0.25, 0.3) is 0 Å². The van der Waals surface area contributed by atoms with Crippen molar-refractivity contribution >= 4 is 11.9 Å². The number of ether oxygens (including phenoxy) is 2. The van der Waals surface area contributed by atoms with Crippen LogP contribution in [0.3, 0.4) is 0 Å². The molecule has 0 radical (unpaired) electrons. The van der Waals surface area contributed by atoms with Gasteiger partial charge in [0.2, 0.25) is 0 Å². The molecule has 1 fully saturated rings. The lowest BCUT2D eigenvalue weighted by molar-refractivity contribution is -0.0135. The zero-order valence-corrected chi connectivity index (χ0v) is 12.8. The number of rotatable bonds is 5. The summed E-state index contributed by atoms with van der Waals surface area (Å²) in [7, 11) is 0. The molecule has 1 aliphatic heterocycles. The van der Waals surface area contributed by atoms with Gasteiger partial charge in [0, 0.05) is 6.61 Å². The number of hydrogen-bond acceptors (Lipinski definition) is 5. The smallest absolute Gasteiger partial charge is 0.335 e. The van der Waals surface area contributed by atoms with Crippen molar-refractivity contribution in [3.05, 3.63) is 54.0 Å². The predicted molar refractivity (Wildman–Crippen MR) is 83.2 cm³/mol. The Morgan fingerprint density at radius 1 is 1.17 bits per heavy atom. The minimum absolute atomic E-state index is 0.187. The summed E-state index contributed by atoms with van der Waals surface area (Å²) >= 11 is 0. The summed E-state index contributed by atoms with van der Waals surface area (Å²) in [4.78, 5) is 23.0. The molecule has 3 rings (SSSR count). The van der Waals surface area contributed by atoms with Gasteiger partial charge in [0.05, 0.1) is 30.0 Å². The largest absolute Gasteiger partial charge is 0.486 e. The lowest BCUT2D eigenvalue weighted by atomic mass is 10.1. The van der Waals surface area contributed by atoms with E-state index in [-0.39, 0.29) is 23.6 Å². The highest BCUT2D eigenvalue weighted by atomic mass is 16.5. The normalized spacial score (nSPS) is 20.3. The maximum atomic E-state index is 12.2. The molecule has 7 heteroatoms. The molecule has 2 N–H and O–H groups in total. The highest BCUT2D eigenvalue weighted by Crippen LogP contribution is 2.19. The van der Waals surface area contributed by atoms with E-state index in [2.05, 4.69) is 5.32 Å². The molecule has 126 valence electrons. The molecule has 0 unspecified atom stereocenters. The number of hydrogen-bond donors (Lipinski definition) is 2. The number of carbonyl (C=O) groups excluding carboxylic acids is 1. The van der Waals surface area contributed by atoms with Crippen LogP contribution in [0.4, 0.5) is 0 Å². The summed E-state index contributed by atoms with van der Waals surface area (Å²) in [5.74, 6) is -0.698. The summed E-state index contributed by atoms with van der Waals surface area (Å²) in [5.41, 5.74) is 0.637. The van der Waals surface area contributed by atoms with Gasteiger partial charge >= 0.3 is 5.97 Å². The van der Waals surface area contributed by atoms with Crippen molar-refractivity contribution in [2.45, 2.75) is 18.6 Å². The molecular formula is C17H17NO6. The van der Waals surface area contributed by atoms with Crippen LogP contribution in [-0.2, 0) is 4.74 Å². The number of amides is 1. The lowest BCUT2D eigenvalue weighted by Crippen LogP contribution is -2.51. The number of furan rings is 1. The van der Waals surface area contributed by atoms with Gasteiger partial charge in [-0.2, -0.15) is 0 Å². The number of benzene rings is 1. The van der Waals surface area contributed by atoms with Crippen LogP contribution in [0.2, 0.25) is 0 Å². The second kappa shape index (κ2) is 7.18. The van der Waals surface area contributed by atoms with Crippen molar-refractivity contribution in [1.82, 2.24) is 5.32 Å². The van der Waals surface area contributed by atoms with Crippen LogP contribution in [0.5, 0.6) is 5.75 Å². The molecule has 1 aliphatic rings. The van der Waals surface area contributed by atoms with E-state index in [9.17, 15) is 9.59 Å². The van der Waals surface area contributed by atoms with Gasteiger partial charge in [-0.05, 0) is 36.8 Å². The molecule has 7 nitrogen and oxygen atoms in total. The first kappa shape index (κ1) is 16.1. The minimum atomic E-state index is -0.993. The fourth-order valence-corrected chi connectivity index (χ4v) is 2.49. The molecule has 1 saturated heterocycles. The van der Waals surface area contributed by atoms with Gasteiger partial charge in [0.25, 0.3) is 5.91 Å². The Hall–Kier alpha value is -2.80. The molecule has 2 atom stereocenters. The molecule has 1 aromatic carbocycles. The van der Waals surface area contributed by atoms with Crippen LogP contribution in [0.15, 0.2) is 47.3 Å². The van der Waals surface area contributed by atoms with Crippen LogP contribution in [0.1, 0.15) is 27.1 Å². The lowest BCUT2D eigenvalue weighted by Gasteiger charge is -2.32. The Labute approximate surface area is 138 Å². The van der Waals surface area contributed by atoms with Gasteiger partial charge in [0.15, 0.2) is 0 Å². The molecule has 0 saturated carbocycles. The first-order valence-electron chi connectivity index (χ1n) is 7.54. The monoisotopic (exact) mass is 331 g/mol. The molecule has 0 aliphatic carbocycles. The van der Waals surface area contributed by atoms with Crippen molar-refractivity contribution in [1.29, 1.82) is 0 Å². The molecule has 24 heavy (non-hydrogen) atoms. The second-order valence-electron chi connectivity index (χ2n) is 5.44. The third-order valence-electron chi connectivity index (χ3n) is 3.79. The van der Waals surface area contributed by atoms with Gasteiger partial charge in [-0.25, -0.2) is 4.79 Å². The Bertz CT molecular complexity index is 694. The Morgan fingerprint density at radius 3 is 2.62 bits per heavy atom. The van der Waals surface area contributed by atoms with Crippen LogP contribution in [0, 0.1) is 0 Å². The first-order chi connectivity index (χ1) is 11.6. The molecule has 1 aromatic heterocycles. The van der Waals surface area contributed by atoms with Gasteiger partial charge < -0.3 is 24.3 Å². The fraction of sp³-hybridized carbons (Fsp3) is 0.294. The van der Waals surface area contributed by atoms with E-state index in [4.69, 9.17) is 19.0 Å². The topological polar surface area (TPSA) is 98.0 Å². The van der Waals surface area contributed by atoms with Gasteiger partial charge in [-0.3, -0.25) is 4.79 Å². The number of carboxylic acids is 1. The van der Waals surface area contributed by atoms with Crippen molar-refractivity contribution in [2.24, 2.45) is 0 Å². The number of nitrogens with one attached hydrogen (secondary N) is 1. The van der Waals surface area contributed by atoms with Crippen molar-refractivity contribution in [2.75, 3.05) is 13.2 Å². The summed E-state index contributed by atoms with van der Waals surface area (Å²) < 4.78 is 16.2. The summed E-state index contributed by atoms with van der Waals surface area (Å²) in [6.45, 7) is 0.880.